The van der Waals surface area contributed by atoms with E-state index in [0.717, 1.165) is 13.0 Å². The molecule has 0 spiro atoms. The molecule has 1 aromatic rings. The molecule has 1 aliphatic heterocycles. The van der Waals surface area contributed by atoms with Crippen LogP contribution in [0.3, 0.4) is 0 Å². The maximum Gasteiger partial charge on any atom is 0.253 e. The van der Waals surface area contributed by atoms with Crippen molar-refractivity contribution in [3.05, 3.63) is 28.8 Å². The van der Waals surface area contributed by atoms with Crippen LogP contribution in [0.5, 0.6) is 0 Å². The molecule has 3 rings (SSSR count). The Kier molecular flexibility index (Phi) is 3.37. The summed E-state index contributed by atoms with van der Waals surface area (Å²) < 4.78 is 5.71. The van der Waals surface area contributed by atoms with E-state index in [4.69, 9.17) is 22.1 Å². The molecule has 0 radical (unpaired) electrons. The first-order valence-corrected chi connectivity index (χ1v) is 7.00. The summed E-state index contributed by atoms with van der Waals surface area (Å²) in [5, 5.41) is 3.43. The van der Waals surface area contributed by atoms with Gasteiger partial charge in [-0.25, -0.2) is 0 Å². The summed E-state index contributed by atoms with van der Waals surface area (Å²) in [6, 6.07) is 5.05. The summed E-state index contributed by atoms with van der Waals surface area (Å²) in [5.74, 6) is 0.473. The molecule has 3 N–H and O–H groups in total. The van der Waals surface area contributed by atoms with Crippen LogP contribution >= 0.6 is 11.6 Å². The molecule has 0 aromatic heterocycles. The summed E-state index contributed by atoms with van der Waals surface area (Å²) >= 11 is 6.05. The second-order valence-corrected chi connectivity index (χ2v) is 5.69. The molecule has 2 atom stereocenters. The van der Waals surface area contributed by atoms with Gasteiger partial charge in [0.1, 0.15) is 0 Å². The molecule has 5 heteroatoms. The molecule has 2 fully saturated rings. The lowest BCUT2D eigenvalue weighted by Gasteiger charge is -2.19. The second kappa shape index (κ2) is 5.02. The van der Waals surface area contributed by atoms with Gasteiger partial charge in [-0.3, -0.25) is 4.79 Å². The second-order valence-electron chi connectivity index (χ2n) is 5.28. The Morgan fingerprint density at radius 1 is 1.37 bits per heavy atom. The van der Waals surface area contributed by atoms with Crippen molar-refractivity contribution in [2.75, 3.05) is 12.3 Å². The molecule has 4 nitrogen and oxygen atoms in total. The van der Waals surface area contributed by atoms with Crippen LogP contribution in [0.4, 0.5) is 5.69 Å². The van der Waals surface area contributed by atoms with E-state index in [0.29, 0.717) is 22.2 Å². The topological polar surface area (TPSA) is 64.4 Å². The molecule has 1 aliphatic carbocycles. The highest BCUT2D eigenvalue weighted by molar-refractivity contribution is 6.34. The summed E-state index contributed by atoms with van der Waals surface area (Å²) in [4.78, 5) is 12.2. The normalized spacial score (nSPS) is 26.4. The molecule has 1 aromatic carbocycles. The van der Waals surface area contributed by atoms with Gasteiger partial charge in [-0.2, -0.15) is 0 Å². The highest BCUT2D eigenvalue weighted by atomic mass is 35.5. The van der Waals surface area contributed by atoms with Gasteiger partial charge in [0.15, 0.2) is 0 Å². The Morgan fingerprint density at radius 2 is 2.16 bits per heavy atom. The molecule has 2 unspecified atom stereocenters. The largest absolute Gasteiger partial charge is 0.399 e. The number of hydrogen-bond donors (Lipinski definition) is 2. The van der Waals surface area contributed by atoms with Gasteiger partial charge in [0, 0.05) is 12.3 Å². The molecule has 19 heavy (non-hydrogen) atoms. The number of nitrogen functional groups attached to an aromatic ring is 1. The molecule has 0 bridgehead atoms. The fourth-order valence-corrected chi connectivity index (χ4v) is 2.89. The molecule has 1 saturated carbocycles. The molecule has 1 heterocycles. The number of halogens is 1. The zero-order valence-electron chi connectivity index (χ0n) is 10.6. The van der Waals surface area contributed by atoms with E-state index in [2.05, 4.69) is 5.32 Å². The number of benzene rings is 1. The number of anilines is 1. The van der Waals surface area contributed by atoms with Gasteiger partial charge in [-0.15, -0.1) is 0 Å². The average Bonchev–Trinajstić information content (AvgIpc) is 3.10. The Labute approximate surface area is 117 Å². The van der Waals surface area contributed by atoms with Crippen molar-refractivity contribution in [2.24, 2.45) is 5.92 Å². The third kappa shape index (κ3) is 2.69. The van der Waals surface area contributed by atoms with Gasteiger partial charge in [-0.1, -0.05) is 11.6 Å². The Balaban J connectivity index is 1.70. The van der Waals surface area contributed by atoms with Gasteiger partial charge in [0.25, 0.3) is 5.91 Å². The third-order valence-electron chi connectivity index (χ3n) is 3.78. The number of amides is 1. The van der Waals surface area contributed by atoms with Crippen molar-refractivity contribution < 1.29 is 9.53 Å². The van der Waals surface area contributed by atoms with E-state index in [-0.39, 0.29) is 18.1 Å². The van der Waals surface area contributed by atoms with Gasteiger partial charge < -0.3 is 15.8 Å². The molecular weight excluding hydrogens is 264 g/mol. The van der Waals surface area contributed by atoms with E-state index >= 15 is 0 Å². The standard InChI is InChI=1S/C14H17ClN2O2/c15-11-7-9(16)3-4-10(11)14(18)17-12-5-6-19-13(12)8-1-2-8/h3-4,7-8,12-13H,1-2,5-6,16H2,(H,17,18). The first-order valence-electron chi connectivity index (χ1n) is 6.62. The summed E-state index contributed by atoms with van der Waals surface area (Å²) in [6.45, 7) is 0.724. The number of nitrogens with one attached hydrogen (secondary N) is 1. The minimum Gasteiger partial charge on any atom is -0.399 e. The molecule has 1 amide bonds. The van der Waals surface area contributed by atoms with E-state index in [1.165, 1.54) is 12.8 Å². The zero-order chi connectivity index (χ0) is 13.4. The van der Waals surface area contributed by atoms with Crippen molar-refractivity contribution >= 4 is 23.2 Å². The van der Waals surface area contributed by atoms with Gasteiger partial charge in [-0.05, 0) is 43.4 Å². The Bertz CT molecular complexity index is 502. The summed E-state index contributed by atoms with van der Waals surface area (Å²) in [7, 11) is 0. The van der Waals surface area contributed by atoms with Crippen LogP contribution in [-0.2, 0) is 4.74 Å². The lowest BCUT2D eigenvalue weighted by atomic mass is 10.1. The predicted molar refractivity (Wildman–Crippen MR) is 74.2 cm³/mol. The fourth-order valence-electron chi connectivity index (χ4n) is 2.62. The van der Waals surface area contributed by atoms with Crippen LogP contribution in [0.2, 0.25) is 5.02 Å². The molecular formula is C14H17ClN2O2. The number of hydrogen-bond acceptors (Lipinski definition) is 3. The maximum atomic E-state index is 12.2. The highest BCUT2D eigenvalue weighted by Crippen LogP contribution is 2.38. The maximum absolute atomic E-state index is 12.2. The quantitative estimate of drug-likeness (QED) is 0.835. The number of carbonyl (C=O) groups is 1. The van der Waals surface area contributed by atoms with Crippen LogP contribution in [0.1, 0.15) is 29.6 Å². The molecule has 1 saturated heterocycles. The van der Waals surface area contributed by atoms with Crippen molar-refractivity contribution in [3.63, 3.8) is 0 Å². The van der Waals surface area contributed by atoms with E-state index in [1.54, 1.807) is 18.2 Å². The summed E-state index contributed by atoms with van der Waals surface area (Å²) in [6.07, 6.45) is 3.47. The number of nitrogens with two attached hydrogens (primary N) is 1. The first kappa shape index (κ1) is 12.8. The van der Waals surface area contributed by atoms with Crippen LogP contribution in [0.15, 0.2) is 18.2 Å². The van der Waals surface area contributed by atoms with E-state index < -0.39 is 0 Å². The van der Waals surface area contributed by atoms with Gasteiger partial charge >= 0.3 is 0 Å². The van der Waals surface area contributed by atoms with Crippen LogP contribution in [-0.4, -0.2) is 24.7 Å². The fraction of sp³-hybridized carbons (Fsp3) is 0.500. The van der Waals surface area contributed by atoms with Crippen molar-refractivity contribution in [3.8, 4) is 0 Å². The van der Waals surface area contributed by atoms with Crippen molar-refractivity contribution in [2.45, 2.75) is 31.4 Å². The predicted octanol–water partition coefficient (Wildman–Crippen LogP) is 2.22. The lowest BCUT2D eigenvalue weighted by molar-refractivity contribution is 0.0729. The lowest BCUT2D eigenvalue weighted by Crippen LogP contribution is -2.41. The monoisotopic (exact) mass is 280 g/mol. The van der Waals surface area contributed by atoms with Crippen molar-refractivity contribution in [1.82, 2.24) is 5.32 Å². The smallest absolute Gasteiger partial charge is 0.253 e. The van der Waals surface area contributed by atoms with Crippen molar-refractivity contribution in [1.29, 1.82) is 0 Å². The van der Waals surface area contributed by atoms with Gasteiger partial charge in [0.2, 0.25) is 0 Å². The summed E-state index contributed by atoms with van der Waals surface area (Å²) in [5.41, 5.74) is 6.65. The van der Waals surface area contributed by atoms with Gasteiger partial charge in [0.05, 0.1) is 22.7 Å². The number of rotatable bonds is 3. The SMILES string of the molecule is Nc1ccc(C(=O)NC2CCOC2C2CC2)c(Cl)c1. The average molecular weight is 281 g/mol. The van der Waals surface area contributed by atoms with Crippen LogP contribution in [0, 0.1) is 5.92 Å². The Morgan fingerprint density at radius 3 is 2.84 bits per heavy atom. The van der Waals surface area contributed by atoms with Crippen LogP contribution < -0.4 is 11.1 Å². The van der Waals surface area contributed by atoms with Crippen LogP contribution in [0.25, 0.3) is 0 Å². The third-order valence-corrected chi connectivity index (χ3v) is 4.09. The molecule has 2 aliphatic rings. The zero-order valence-corrected chi connectivity index (χ0v) is 11.3. The minimum absolute atomic E-state index is 0.105. The Hall–Kier alpha value is -1.26. The van der Waals surface area contributed by atoms with E-state index in [9.17, 15) is 4.79 Å². The number of carbonyl (C=O) groups excluding carboxylic acids is 1. The highest BCUT2D eigenvalue weighted by Gasteiger charge is 2.41. The van der Waals surface area contributed by atoms with E-state index in [1.807, 2.05) is 0 Å². The number of ether oxygens (including phenoxy) is 1. The minimum atomic E-state index is -0.147. The first-order chi connectivity index (χ1) is 9.15. The molecule has 102 valence electrons.